The Balaban J connectivity index is 1.69. The number of rotatable bonds is 6. The largest absolute Gasteiger partial charge is 0.493 e. The van der Waals surface area contributed by atoms with Crippen molar-refractivity contribution in [2.45, 2.75) is 17.1 Å². The summed E-state index contributed by atoms with van der Waals surface area (Å²) in [6, 6.07) is 19.8. The van der Waals surface area contributed by atoms with Crippen LogP contribution >= 0.6 is 11.8 Å². The molecule has 0 heterocycles. The van der Waals surface area contributed by atoms with Gasteiger partial charge in [-0.15, -0.1) is 11.8 Å². The fourth-order valence-electron chi connectivity index (χ4n) is 2.66. The third kappa shape index (κ3) is 4.11. The van der Waals surface area contributed by atoms with Crippen molar-refractivity contribution < 1.29 is 14.3 Å². The molecule has 0 spiro atoms. The Morgan fingerprint density at radius 1 is 0.923 bits per heavy atom. The summed E-state index contributed by atoms with van der Waals surface area (Å²) >= 11 is 1.54. The number of thioether (sulfide) groups is 1. The van der Waals surface area contributed by atoms with Crippen LogP contribution in [0.15, 0.2) is 65.6 Å². The van der Waals surface area contributed by atoms with Crippen LogP contribution in [0.5, 0.6) is 11.5 Å². The highest BCUT2D eigenvalue weighted by Crippen LogP contribution is 2.31. The van der Waals surface area contributed by atoms with E-state index in [9.17, 15) is 4.79 Å². The normalized spacial score (nSPS) is 11.8. The summed E-state index contributed by atoms with van der Waals surface area (Å²) < 4.78 is 10.5. The van der Waals surface area contributed by atoms with E-state index in [0.29, 0.717) is 17.2 Å². The third-order valence-corrected chi connectivity index (χ3v) is 5.15. The Morgan fingerprint density at radius 2 is 1.65 bits per heavy atom. The van der Waals surface area contributed by atoms with Gasteiger partial charge in [0.1, 0.15) is 0 Å². The van der Waals surface area contributed by atoms with Gasteiger partial charge in [0.15, 0.2) is 11.5 Å². The van der Waals surface area contributed by atoms with E-state index in [1.54, 1.807) is 32.4 Å². The SMILES string of the molecule is COc1ccc(NC(=O)[C@@H](C)Sc2ccc3ccccc3c2)cc1OC. The Morgan fingerprint density at radius 3 is 2.38 bits per heavy atom. The van der Waals surface area contributed by atoms with E-state index in [0.717, 1.165) is 4.90 Å². The molecule has 0 aliphatic rings. The minimum Gasteiger partial charge on any atom is -0.493 e. The molecule has 0 aliphatic heterocycles. The maximum absolute atomic E-state index is 12.5. The van der Waals surface area contributed by atoms with Gasteiger partial charge in [-0.05, 0) is 42.0 Å². The Labute approximate surface area is 157 Å². The van der Waals surface area contributed by atoms with Crippen LogP contribution in [0.2, 0.25) is 0 Å². The van der Waals surface area contributed by atoms with E-state index < -0.39 is 0 Å². The lowest BCUT2D eigenvalue weighted by molar-refractivity contribution is -0.115. The van der Waals surface area contributed by atoms with Crippen molar-refractivity contribution in [3.05, 3.63) is 60.7 Å². The molecule has 1 atom stereocenters. The van der Waals surface area contributed by atoms with Crippen molar-refractivity contribution in [2.24, 2.45) is 0 Å². The molecule has 0 aliphatic carbocycles. The topological polar surface area (TPSA) is 47.6 Å². The molecule has 0 saturated carbocycles. The van der Waals surface area contributed by atoms with Crippen LogP contribution in [0, 0.1) is 0 Å². The highest BCUT2D eigenvalue weighted by atomic mass is 32.2. The van der Waals surface area contributed by atoms with Gasteiger partial charge >= 0.3 is 0 Å². The number of carbonyl (C=O) groups is 1. The number of anilines is 1. The van der Waals surface area contributed by atoms with Crippen molar-refractivity contribution in [1.82, 2.24) is 0 Å². The average Bonchev–Trinajstić information content (AvgIpc) is 2.67. The van der Waals surface area contributed by atoms with E-state index in [1.165, 1.54) is 22.5 Å². The molecule has 3 rings (SSSR count). The lowest BCUT2D eigenvalue weighted by Crippen LogP contribution is -2.22. The van der Waals surface area contributed by atoms with Gasteiger partial charge in [0.25, 0.3) is 0 Å². The number of carbonyl (C=O) groups excluding carboxylic acids is 1. The van der Waals surface area contributed by atoms with Crippen LogP contribution in [0.3, 0.4) is 0 Å². The minimum absolute atomic E-state index is 0.0598. The van der Waals surface area contributed by atoms with Crippen LogP contribution in [0.4, 0.5) is 5.69 Å². The molecule has 1 amide bonds. The van der Waals surface area contributed by atoms with Crippen LogP contribution in [0.1, 0.15) is 6.92 Å². The summed E-state index contributed by atoms with van der Waals surface area (Å²) in [7, 11) is 3.15. The Kier molecular flexibility index (Phi) is 5.68. The maximum Gasteiger partial charge on any atom is 0.237 e. The zero-order valence-electron chi connectivity index (χ0n) is 15.0. The second kappa shape index (κ2) is 8.15. The van der Waals surface area contributed by atoms with Crippen LogP contribution < -0.4 is 14.8 Å². The molecule has 0 fully saturated rings. The number of benzene rings is 3. The van der Waals surface area contributed by atoms with Crippen LogP contribution in [-0.2, 0) is 4.79 Å². The Hall–Kier alpha value is -2.66. The smallest absolute Gasteiger partial charge is 0.237 e. The first-order valence-electron chi connectivity index (χ1n) is 8.29. The first kappa shape index (κ1) is 18.1. The standard InChI is InChI=1S/C21H21NO3S/c1-14(26-18-10-8-15-6-4-5-7-16(15)12-18)21(23)22-17-9-11-19(24-2)20(13-17)25-3/h4-14H,1-3H3,(H,22,23)/t14-/m1/s1. The van der Waals surface area contributed by atoms with Crippen LogP contribution in [-0.4, -0.2) is 25.4 Å². The number of fused-ring (bicyclic) bond motifs is 1. The van der Waals surface area contributed by atoms with Gasteiger partial charge in [-0.2, -0.15) is 0 Å². The molecule has 0 aromatic heterocycles. The molecule has 134 valence electrons. The molecule has 3 aromatic rings. The number of hydrogen-bond donors (Lipinski definition) is 1. The highest BCUT2D eigenvalue weighted by Gasteiger charge is 2.16. The maximum atomic E-state index is 12.5. The zero-order chi connectivity index (χ0) is 18.5. The van der Waals surface area contributed by atoms with Crippen molar-refractivity contribution in [1.29, 1.82) is 0 Å². The number of nitrogens with one attached hydrogen (secondary N) is 1. The summed E-state index contributed by atoms with van der Waals surface area (Å²) in [5.74, 6) is 1.15. The van der Waals surface area contributed by atoms with Gasteiger partial charge in [-0.1, -0.05) is 30.3 Å². The predicted octanol–water partition coefficient (Wildman–Crippen LogP) is 4.98. The van der Waals surface area contributed by atoms with Gasteiger partial charge < -0.3 is 14.8 Å². The number of ether oxygens (including phenoxy) is 2. The summed E-state index contributed by atoms with van der Waals surface area (Å²) in [5.41, 5.74) is 0.679. The average molecular weight is 367 g/mol. The summed E-state index contributed by atoms with van der Waals surface area (Å²) in [6.07, 6.45) is 0. The number of amides is 1. The molecule has 3 aromatic carbocycles. The monoisotopic (exact) mass is 367 g/mol. The van der Waals surface area contributed by atoms with E-state index >= 15 is 0 Å². The molecule has 1 N–H and O–H groups in total. The number of hydrogen-bond acceptors (Lipinski definition) is 4. The zero-order valence-corrected chi connectivity index (χ0v) is 15.8. The third-order valence-electron chi connectivity index (χ3n) is 4.05. The predicted molar refractivity (Wildman–Crippen MR) is 107 cm³/mol. The highest BCUT2D eigenvalue weighted by molar-refractivity contribution is 8.00. The summed E-state index contributed by atoms with van der Waals surface area (Å²) in [4.78, 5) is 13.6. The fourth-order valence-corrected chi connectivity index (χ4v) is 3.57. The van der Waals surface area contributed by atoms with E-state index in [4.69, 9.17) is 9.47 Å². The summed E-state index contributed by atoms with van der Waals surface area (Å²) in [6.45, 7) is 1.90. The van der Waals surface area contributed by atoms with Crippen LogP contribution in [0.25, 0.3) is 10.8 Å². The second-order valence-corrected chi connectivity index (χ2v) is 7.24. The lowest BCUT2D eigenvalue weighted by atomic mass is 10.1. The molecule has 0 saturated heterocycles. The van der Waals surface area contributed by atoms with E-state index in [-0.39, 0.29) is 11.2 Å². The first-order valence-corrected chi connectivity index (χ1v) is 9.17. The van der Waals surface area contributed by atoms with Crippen molar-refractivity contribution in [3.63, 3.8) is 0 Å². The lowest BCUT2D eigenvalue weighted by Gasteiger charge is -2.14. The molecule has 0 radical (unpaired) electrons. The summed E-state index contributed by atoms with van der Waals surface area (Å²) in [5, 5.41) is 5.06. The molecular formula is C21H21NO3S. The number of methoxy groups -OCH3 is 2. The van der Waals surface area contributed by atoms with Gasteiger partial charge in [0.05, 0.1) is 19.5 Å². The molecule has 4 nitrogen and oxygen atoms in total. The van der Waals surface area contributed by atoms with Crippen molar-refractivity contribution in [3.8, 4) is 11.5 Å². The van der Waals surface area contributed by atoms with Gasteiger partial charge in [0.2, 0.25) is 5.91 Å². The minimum atomic E-state index is -0.232. The molecule has 5 heteroatoms. The van der Waals surface area contributed by atoms with Gasteiger partial charge in [-0.3, -0.25) is 4.79 Å². The van der Waals surface area contributed by atoms with Gasteiger partial charge in [0, 0.05) is 16.6 Å². The van der Waals surface area contributed by atoms with Crippen molar-refractivity contribution in [2.75, 3.05) is 19.5 Å². The van der Waals surface area contributed by atoms with Gasteiger partial charge in [-0.25, -0.2) is 0 Å². The van der Waals surface area contributed by atoms with E-state index in [1.807, 2.05) is 25.1 Å². The molecular weight excluding hydrogens is 346 g/mol. The quantitative estimate of drug-likeness (QED) is 0.625. The molecule has 0 bridgehead atoms. The molecule has 26 heavy (non-hydrogen) atoms. The molecule has 0 unspecified atom stereocenters. The fraction of sp³-hybridized carbons (Fsp3) is 0.190. The second-order valence-electron chi connectivity index (χ2n) is 5.83. The van der Waals surface area contributed by atoms with Crippen molar-refractivity contribution >= 4 is 34.1 Å². The Bertz CT molecular complexity index is 926. The van der Waals surface area contributed by atoms with E-state index in [2.05, 4.69) is 29.6 Å². The first-order chi connectivity index (χ1) is 12.6.